The van der Waals surface area contributed by atoms with Gasteiger partial charge in [0.15, 0.2) is 0 Å². The van der Waals surface area contributed by atoms with E-state index in [9.17, 15) is 4.79 Å². The Balaban J connectivity index is 1.87. The highest BCUT2D eigenvalue weighted by atomic mass is 16.5. The highest BCUT2D eigenvalue weighted by molar-refractivity contribution is 6.10. The van der Waals surface area contributed by atoms with Gasteiger partial charge in [-0.2, -0.15) is 5.10 Å². The summed E-state index contributed by atoms with van der Waals surface area (Å²) in [5.74, 6) is 0.834. The van der Waals surface area contributed by atoms with Crippen molar-refractivity contribution in [1.82, 2.24) is 15.1 Å². The summed E-state index contributed by atoms with van der Waals surface area (Å²) in [6, 6.07) is 14.8. The Morgan fingerprint density at radius 1 is 1.10 bits per heavy atom. The summed E-state index contributed by atoms with van der Waals surface area (Å²) in [4.78, 5) is 17.5. The van der Waals surface area contributed by atoms with Crippen molar-refractivity contribution in [2.45, 2.75) is 40.8 Å². The van der Waals surface area contributed by atoms with E-state index in [1.165, 1.54) is 0 Å². The lowest BCUT2D eigenvalue weighted by Crippen LogP contribution is -2.36. The first-order valence-electron chi connectivity index (χ1n) is 10.3. The molecule has 0 spiro atoms. The highest BCUT2D eigenvalue weighted by Gasteiger charge is 2.13. The number of methoxy groups -OCH3 is 1. The Labute approximate surface area is 183 Å². The topological polar surface area (TPSA) is 80.5 Å². The number of amides is 1. The van der Waals surface area contributed by atoms with Crippen molar-refractivity contribution >= 4 is 17.6 Å². The number of carbonyl (C=O) groups excluding carboxylic acids is 1. The van der Waals surface area contributed by atoms with Gasteiger partial charge in [-0.05, 0) is 63.6 Å². The number of nitrogens with zero attached hydrogens (tertiary/aromatic N) is 3. The van der Waals surface area contributed by atoms with Crippen LogP contribution in [0.2, 0.25) is 0 Å². The Morgan fingerprint density at radius 3 is 2.42 bits per heavy atom. The monoisotopic (exact) mass is 419 g/mol. The fourth-order valence-electron chi connectivity index (χ4n) is 3.30. The van der Waals surface area contributed by atoms with Crippen LogP contribution in [0.3, 0.4) is 0 Å². The average Bonchev–Trinajstić information content (AvgIpc) is 3.06. The van der Waals surface area contributed by atoms with Gasteiger partial charge in [-0.25, -0.2) is 4.99 Å². The van der Waals surface area contributed by atoms with Crippen molar-refractivity contribution in [2.75, 3.05) is 12.4 Å². The van der Waals surface area contributed by atoms with Crippen LogP contribution in [0.25, 0.3) is 0 Å². The minimum atomic E-state index is -0.250. The number of nitrogens with one attached hydrogen (secondary N) is 2. The van der Waals surface area contributed by atoms with E-state index < -0.39 is 0 Å². The third-order valence-electron chi connectivity index (χ3n) is 5.21. The van der Waals surface area contributed by atoms with Crippen LogP contribution in [0.1, 0.15) is 39.8 Å². The average molecular weight is 420 g/mol. The normalized spacial score (nSPS) is 11.3. The summed E-state index contributed by atoms with van der Waals surface area (Å²) in [6.45, 7) is 9.30. The van der Waals surface area contributed by atoms with E-state index in [-0.39, 0.29) is 5.91 Å². The lowest BCUT2D eigenvalue weighted by Gasteiger charge is -2.14. The zero-order chi connectivity index (χ0) is 22.4. The maximum atomic E-state index is 12.8. The second-order valence-electron chi connectivity index (χ2n) is 7.25. The van der Waals surface area contributed by atoms with Crippen molar-refractivity contribution in [2.24, 2.45) is 4.99 Å². The molecular weight excluding hydrogens is 390 g/mol. The Bertz CT molecular complexity index is 1080. The van der Waals surface area contributed by atoms with Crippen molar-refractivity contribution in [3.63, 3.8) is 0 Å². The molecule has 2 aromatic carbocycles. The number of rotatable bonds is 6. The van der Waals surface area contributed by atoms with E-state index in [1.807, 2.05) is 49.7 Å². The molecule has 0 fully saturated rings. The van der Waals surface area contributed by atoms with E-state index >= 15 is 0 Å². The van der Waals surface area contributed by atoms with E-state index in [0.717, 1.165) is 34.7 Å². The predicted octanol–water partition coefficient (Wildman–Crippen LogP) is 4.23. The zero-order valence-electron chi connectivity index (χ0n) is 18.7. The van der Waals surface area contributed by atoms with Gasteiger partial charge >= 0.3 is 0 Å². The standard InChI is InChI=1S/C24H29N5O2/c1-6-29-18(4)21(17(3)28-29)15-25-24(26-22-10-8-7-9-16(22)2)27-23(30)19-11-13-20(31-5)14-12-19/h7-14H,6,15H2,1-5H3,(H2,25,26,27,30). The predicted molar refractivity (Wildman–Crippen MR) is 124 cm³/mol. The van der Waals surface area contributed by atoms with Crippen molar-refractivity contribution < 1.29 is 9.53 Å². The number of guanidine groups is 1. The molecule has 0 aliphatic carbocycles. The van der Waals surface area contributed by atoms with Crippen molar-refractivity contribution in [3.8, 4) is 5.75 Å². The van der Waals surface area contributed by atoms with Crippen LogP contribution < -0.4 is 15.4 Å². The van der Waals surface area contributed by atoms with Gasteiger partial charge in [0, 0.05) is 29.1 Å². The molecule has 1 amide bonds. The quantitative estimate of drug-likeness (QED) is 0.463. The van der Waals surface area contributed by atoms with Crippen LogP contribution >= 0.6 is 0 Å². The highest BCUT2D eigenvalue weighted by Crippen LogP contribution is 2.16. The molecule has 1 aromatic heterocycles. The number of aliphatic imine (C=N–C) groups is 1. The minimum absolute atomic E-state index is 0.250. The molecule has 0 saturated carbocycles. The van der Waals surface area contributed by atoms with Crippen LogP contribution in [0.5, 0.6) is 5.75 Å². The Hall–Kier alpha value is -3.61. The van der Waals surface area contributed by atoms with E-state index in [2.05, 4.69) is 22.7 Å². The van der Waals surface area contributed by atoms with E-state index in [0.29, 0.717) is 23.8 Å². The maximum absolute atomic E-state index is 12.8. The number of carbonyl (C=O) groups is 1. The zero-order valence-corrected chi connectivity index (χ0v) is 18.7. The molecular formula is C24H29N5O2. The lowest BCUT2D eigenvalue weighted by atomic mass is 10.2. The summed E-state index contributed by atoms with van der Waals surface area (Å²) < 4.78 is 7.13. The summed E-state index contributed by atoms with van der Waals surface area (Å²) in [5, 5.41) is 10.7. The number of benzene rings is 2. The van der Waals surface area contributed by atoms with Gasteiger partial charge in [-0.15, -0.1) is 0 Å². The molecule has 0 aliphatic rings. The van der Waals surface area contributed by atoms with Crippen LogP contribution in [-0.2, 0) is 13.1 Å². The molecule has 3 aromatic rings. The fraction of sp³-hybridized carbons (Fsp3) is 0.292. The molecule has 0 unspecified atom stereocenters. The first-order valence-corrected chi connectivity index (χ1v) is 10.3. The summed E-state index contributed by atoms with van der Waals surface area (Å²) in [6.07, 6.45) is 0. The van der Waals surface area contributed by atoms with Gasteiger partial charge in [0.1, 0.15) is 5.75 Å². The SMILES string of the molecule is CCn1nc(C)c(CN=C(NC(=O)c2ccc(OC)cc2)Nc2ccccc2C)c1C. The number of hydrogen-bond acceptors (Lipinski definition) is 4. The number of anilines is 1. The lowest BCUT2D eigenvalue weighted by molar-refractivity contribution is 0.0977. The fourth-order valence-corrected chi connectivity index (χ4v) is 3.30. The van der Waals surface area contributed by atoms with Crippen molar-refractivity contribution in [3.05, 3.63) is 76.6 Å². The number of hydrogen-bond donors (Lipinski definition) is 2. The molecule has 0 saturated heterocycles. The van der Waals surface area contributed by atoms with Gasteiger partial charge in [-0.3, -0.25) is 14.8 Å². The molecule has 7 nitrogen and oxygen atoms in total. The molecule has 31 heavy (non-hydrogen) atoms. The molecule has 0 bridgehead atoms. The van der Waals surface area contributed by atoms with E-state index in [4.69, 9.17) is 9.73 Å². The molecule has 0 aliphatic heterocycles. The summed E-state index contributed by atoms with van der Waals surface area (Å²) in [7, 11) is 1.59. The number of aromatic nitrogens is 2. The number of ether oxygens (including phenoxy) is 1. The Kier molecular flexibility index (Phi) is 7.07. The van der Waals surface area contributed by atoms with Gasteiger partial charge < -0.3 is 10.1 Å². The van der Waals surface area contributed by atoms with Gasteiger partial charge in [0.05, 0.1) is 19.3 Å². The molecule has 7 heteroatoms. The second kappa shape index (κ2) is 9.93. The van der Waals surface area contributed by atoms with Crippen LogP contribution in [0, 0.1) is 20.8 Å². The van der Waals surface area contributed by atoms with Gasteiger partial charge in [0.25, 0.3) is 5.91 Å². The molecule has 1 heterocycles. The van der Waals surface area contributed by atoms with Crippen LogP contribution in [0.4, 0.5) is 5.69 Å². The summed E-state index contributed by atoms with van der Waals surface area (Å²) >= 11 is 0. The minimum Gasteiger partial charge on any atom is -0.497 e. The van der Waals surface area contributed by atoms with Gasteiger partial charge in [0.2, 0.25) is 5.96 Å². The first kappa shape index (κ1) is 22.1. The molecule has 162 valence electrons. The third-order valence-corrected chi connectivity index (χ3v) is 5.21. The Morgan fingerprint density at radius 2 is 1.81 bits per heavy atom. The molecule has 3 rings (SSSR count). The largest absolute Gasteiger partial charge is 0.497 e. The van der Waals surface area contributed by atoms with Crippen molar-refractivity contribution in [1.29, 1.82) is 0 Å². The van der Waals surface area contributed by atoms with Crippen LogP contribution in [-0.4, -0.2) is 28.8 Å². The van der Waals surface area contributed by atoms with Gasteiger partial charge in [-0.1, -0.05) is 18.2 Å². The summed E-state index contributed by atoms with van der Waals surface area (Å²) in [5.41, 5.74) is 5.55. The molecule has 0 radical (unpaired) electrons. The molecule has 0 atom stereocenters. The maximum Gasteiger partial charge on any atom is 0.257 e. The first-order chi connectivity index (χ1) is 14.9. The third kappa shape index (κ3) is 5.31. The number of para-hydroxylation sites is 1. The smallest absolute Gasteiger partial charge is 0.257 e. The van der Waals surface area contributed by atoms with Crippen LogP contribution in [0.15, 0.2) is 53.5 Å². The number of aryl methyl sites for hydroxylation is 3. The molecule has 2 N–H and O–H groups in total. The van der Waals surface area contributed by atoms with E-state index in [1.54, 1.807) is 31.4 Å². The second-order valence-corrected chi connectivity index (χ2v) is 7.25.